The van der Waals surface area contributed by atoms with E-state index in [4.69, 9.17) is 23.8 Å². The number of benzene rings is 7. The Labute approximate surface area is 290 Å². The van der Waals surface area contributed by atoms with E-state index in [1.54, 1.807) is 0 Å². The van der Waals surface area contributed by atoms with Gasteiger partial charge in [0.05, 0.1) is 11.0 Å². The van der Waals surface area contributed by atoms with Crippen LogP contribution in [-0.2, 0) is 0 Å². The zero-order valence-corrected chi connectivity index (χ0v) is 27.1. The summed E-state index contributed by atoms with van der Waals surface area (Å²) >= 11 is 0. The van der Waals surface area contributed by atoms with Gasteiger partial charge in [-0.2, -0.15) is 9.97 Å². The van der Waals surface area contributed by atoms with Gasteiger partial charge in [0.2, 0.25) is 5.95 Å². The van der Waals surface area contributed by atoms with Gasteiger partial charge in [-0.15, -0.1) is 0 Å². The fourth-order valence-electron chi connectivity index (χ4n) is 7.51. The van der Waals surface area contributed by atoms with E-state index in [-0.39, 0.29) is 0 Å². The van der Waals surface area contributed by atoms with E-state index < -0.39 is 0 Å². The molecule has 4 aromatic heterocycles. The average Bonchev–Trinajstić information content (AvgIpc) is 3.87. The van der Waals surface area contributed by atoms with Crippen molar-refractivity contribution in [1.82, 2.24) is 19.5 Å². The Morgan fingerprint density at radius 1 is 0.373 bits per heavy atom. The van der Waals surface area contributed by atoms with Crippen molar-refractivity contribution in [1.29, 1.82) is 0 Å². The van der Waals surface area contributed by atoms with Crippen molar-refractivity contribution in [3.05, 3.63) is 158 Å². The van der Waals surface area contributed by atoms with Crippen molar-refractivity contribution in [2.75, 3.05) is 0 Å². The summed E-state index contributed by atoms with van der Waals surface area (Å²) in [5.41, 5.74) is 9.31. The van der Waals surface area contributed by atoms with E-state index in [0.717, 1.165) is 87.9 Å². The lowest BCUT2D eigenvalue weighted by Gasteiger charge is -2.10. The van der Waals surface area contributed by atoms with Gasteiger partial charge in [0, 0.05) is 49.0 Å². The van der Waals surface area contributed by atoms with Crippen LogP contribution in [0.5, 0.6) is 0 Å². The summed E-state index contributed by atoms with van der Waals surface area (Å²) in [4.78, 5) is 15.2. The molecule has 0 N–H and O–H groups in total. The third kappa shape index (κ3) is 4.26. The van der Waals surface area contributed by atoms with Crippen LogP contribution >= 0.6 is 0 Å². The molecule has 0 aliphatic carbocycles. The summed E-state index contributed by atoms with van der Waals surface area (Å²) in [5.74, 6) is 1.73. The Hall–Kier alpha value is -7.05. The van der Waals surface area contributed by atoms with E-state index in [0.29, 0.717) is 17.6 Å². The van der Waals surface area contributed by atoms with Crippen LogP contribution in [-0.4, -0.2) is 19.5 Å². The molecular weight excluding hydrogens is 629 g/mol. The molecule has 0 saturated heterocycles. The first-order valence-electron chi connectivity index (χ1n) is 16.9. The second-order valence-electron chi connectivity index (χ2n) is 12.8. The number of para-hydroxylation sites is 4. The number of furan rings is 2. The Morgan fingerprint density at radius 2 is 1.00 bits per heavy atom. The summed E-state index contributed by atoms with van der Waals surface area (Å²) in [6, 6.07) is 53.9. The van der Waals surface area contributed by atoms with Gasteiger partial charge < -0.3 is 8.83 Å². The van der Waals surface area contributed by atoms with E-state index in [1.165, 1.54) is 0 Å². The van der Waals surface area contributed by atoms with E-state index in [9.17, 15) is 0 Å². The molecule has 7 aromatic carbocycles. The minimum Gasteiger partial charge on any atom is -0.456 e. The van der Waals surface area contributed by atoms with Crippen LogP contribution in [0, 0.1) is 0 Å². The number of aromatic nitrogens is 4. The number of fused-ring (bicyclic) bond motifs is 9. The van der Waals surface area contributed by atoms with Crippen molar-refractivity contribution >= 4 is 65.7 Å². The SMILES string of the molecule is c1ccc(-c2nc(-c3ccc4c(c3)oc3ccc(-c5cccc6c5oc5ccccc56)cc34)nc(-n3c4ccccc4c4ccccc43)n2)cc1. The lowest BCUT2D eigenvalue weighted by molar-refractivity contribution is 0.668. The normalized spacial score (nSPS) is 11.9. The van der Waals surface area contributed by atoms with Crippen molar-refractivity contribution in [2.24, 2.45) is 0 Å². The summed E-state index contributed by atoms with van der Waals surface area (Å²) in [6.07, 6.45) is 0. The molecule has 11 rings (SSSR count). The van der Waals surface area contributed by atoms with Crippen LogP contribution < -0.4 is 0 Å². The Kier molecular flexibility index (Phi) is 5.86. The van der Waals surface area contributed by atoms with Gasteiger partial charge >= 0.3 is 0 Å². The lowest BCUT2D eigenvalue weighted by Crippen LogP contribution is -2.06. The largest absolute Gasteiger partial charge is 0.456 e. The van der Waals surface area contributed by atoms with Crippen molar-refractivity contribution in [3.63, 3.8) is 0 Å². The predicted octanol–water partition coefficient (Wildman–Crippen LogP) is 11.8. The standard InChI is InChI=1S/C45H26N4O2/c1-2-11-27(12-3-1)43-46-44(48-45(47-43)49-37-18-7-4-13-31(37)32-14-5-8-19-38(32)49)29-21-23-34-36-25-28(22-24-40(36)50-41(34)26-29)30-16-10-17-35-33-15-6-9-20-39(33)51-42(30)35/h1-26H. The first-order chi connectivity index (χ1) is 25.3. The molecule has 0 atom stereocenters. The van der Waals surface area contributed by atoms with Gasteiger partial charge in [0.15, 0.2) is 11.6 Å². The molecule has 0 unspecified atom stereocenters. The Balaban J connectivity index is 1.08. The number of rotatable bonds is 4. The molecular formula is C45H26N4O2. The third-order valence-electron chi connectivity index (χ3n) is 9.88. The smallest absolute Gasteiger partial charge is 0.238 e. The molecule has 0 fully saturated rings. The number of hydrogen-bond donors (Lipinski definition) is 0. The fraction of sp³-hybridized carbons (Fsp3) is 0. The molecule has 0 aliphatic rings. The minimum atomic E-state index is 0.561. The third-order valence-corrected chi connectivity index (χ3v) is 9.88. The highest BCUT2D eigenvalue weighted by Crippen LogP contribution is 2.39. The van der Waals surface area contributed by atoms with Gasteiger partial charge in [0.25, 0.3) is 0 Å². The fourth-order valence-corrected chi connectivity index (χ4v) is 7.51. The zero-order chi connectivity index (χ0) is 33.5. The van der Waals surface area contributed by atoms with E-state index in [2.05, 4.69) is 102 Å². The maximum atomic E-state index is 6.47. The van der Waals surface area contributed by atoms with Crippen LogP contribution in [0.3, 0.4) is 0 Å². The highest BCUT2D eigenvalue weighted by atomic mass is 16.3. The second-order valence-corrected chi connectivity index (χ2v) is 12.8. The number of nitrogens with zero attached hydrogens (tertiary/aromatic N) is 4. The van der Waals surface area contributed by atoms with Gasteiger partial charge in [-0.1, -0.05) is 115 Å². The van der Waals surface area contributed by atoms with Gasteiger partial charge in [-0.3, -0.25) is 4.57 Å². The quantitative estimate of drug-likeness (QED) is 0.189. The summed E-state index contributed by atoms with van der Waals surface area (Å²) in [5, 5.41) is 6.58. The Morgan fingerprint density at radius 3 is 1.80 bits per heavy atom. The van der Waals surface area contributed by atoms with Crippen LogP contribution in [0.4, 0.5) is 0 Å². The molecule has 0 amide bonds. The predicted molar refractivity (Wildman–Crippen MR) is 205 cm³/mol. The highest BCUT2D eigenvalue weighted by Gasteiger charge is 2.19. The van der Waals surface area contributed by atoms with Crippen LogP contribution in [0.25, 0.3) is 106 Å². The molecule has 0 bridgehead atoms. The molecule has 6 heteroatoms. The average molecular weight is 655 g/mol. The van der Waals surface area contributed by atoms with Crippen molar-refractivity contribution in [3.8, 4) is 39.9 Å². The van der Waals surface area contributed by atoms with Crippen LogP contribution in [0.15, 0.2) is 167 Å². The first kappa shape index (κ1) is 27.9. The molecule has 11 aromatic rings. The topological polar surface area (TPSA) is 69.9 Å². The lowest BCUT2D eigenvalue weighted by atomic mass is 10.00. The minimum absolute atomic E-state index is 0.561. The maximum Gasteiger partial charge on any atom is 0.238 e. The second kappa shape index (κ2) is 10.7. The van der Waals surface area contributed by atoms with Gasteiger partial charge in [-0.25, -0.2) is 4.98 Å². The van der Waals surface area contributed by atoms with Gasteiger partial charge in [0.1, 0.15) is 22.3 Å². The van der Waals surface area contributed by atoms with E-state index >= 15 is 0 Å². The van der Waals surface area contributed by atoms with Crippen molar-refractivity contribution in [2.45, 2.75) is 0 Å². The molecule has 6 nitrogen and oxygen atoms in total. The maximum absolute atomic E-state index is 6.47. The zero-order valence-electron chi connectivity index (χ0n) is 27.1. The molecule has 0 saturated carbocycles. The molecule has 238 valence electrons. The Bertz CT molecular complexity index is 3100. The van der Waals surface area contributed by atoms with E-state index in [1.807, 2.05) is 60.7 Å². The molecule has 51 heavy (non-hydrogen) atoms. The van der Waals surface area contributed by atoms with Crippen LogP contribution in [0.1, 0.15) is 0 Å². The summed E-state index contributed by atoms with van der Waals surface area (Å²) in [7, 11) is 0. The summed E-state index contributed by atoms with van der Waals surface area (Å²) in [6.45, 7) is 0. The highest BCUT2D eigenvalue weighted by molar-refractivity contribution is 6.12. The van der Waals surface area contributed by atoms with Crippen molar-refractivity contribution < 1.29 is 8.83 Å². The molecule has 0 spiro atoms. The first-order valence-corrected chi connectivity index (χ1v) is 16.9. The molecule has 0 radical (unpaired) electrons. The monoisotopic (exact) mass is 654 g/mol. The number of hydrogen-bond acceptors (Lipinski definition) is 5. The summed E-state index contributed by atoms with van der Waals surface area (Å²) < 4.78 is 15.0. The molecule has 4 heterocycles. The van der Waals surface area contributed by atoms with Crippen LogP contribution in [0.2, 0.25) is 0 Å². The molecule has 0 aliphatic heterocycles. The van der Waals surface area contributed by atoms with Gasteiger partial charge in [-0.05, 0) is 48.0 Å².